The van der Waals surface area contributed by atoms with E-state index >= 15 is 0 Å². The maximum absolute atomic E-state index is 13.8. The summed E-state index contributed by atoms with van der Waals surface area (Å²) in [5, 5.41) is 3.00. The van der Waals surface area contributed by atoms with E-state index in [2.05, 4.69) is 15.0 Å². The van der Waals surface area contributed by atoms with Gasteiger partial charge in [-0.25, -0.2) is 9.37 Å². The lowest BCUT2D eigenvalue weighted by Gasteiger charge is -2.12. The van der Waals surface area contributed by atoms with Crippen LogP contribution in [-0.2, 0) is 6.54 Å². The van der Waals surface area contributed by atoms with Crippen LogP contribution in [0.1, 0.15) is 19.4 Å². The van der Waals surface area contributed by atoms with Crippen molar-refractivity contribution in [2.45, 2.75) is 26.6 Å². The number of ether oxygens (including phenoxy) is 1. The molecular formula is C12H16F4N2O. The molecule has 0 aliphatic carbocycles. The summed E-state index contributed by atoms with van der Waals surface area (Å²) in [5.74, 6) is -1.09. The average molecular weight is 280 g/mol. The minimum atomic E-state index is -4.51. The van der Waals surface area contributed by atoms with E-state index in [0.29, 0.717) is 12.5 Å². The molecule has 0 amide bonds. The molecule has 108 valence electrons. The standard InChI is InChI=1S/C12H16F4N2O/c1-8(2)5-17-6-9-3-4-18-11(10(9)13)19-7-12(14,15)16/h3-4,8,17H,5-7H2,1-2H3. The second-order valence-electron chi connectivity index (χ2n) is 4.52. The SMILES string of the molecule is CC(C)CNCc1ccnc(OCC(F)(F)F)c1F. The van der Waals surface area contributed by atoms with Crippen molar-refractivity contribution in [3.63, 3.8) is 0 Å². The van der Waals surface area contributed by atoms with Crippen molar-refractivity contribution >= 4 is 0 Å². The van der Waals surface area contributed by atoms with Gasteiger partial charge in [0.15, 0.2) is 12.4 Å². The monoisotopic (exact) mass is 280 g/mol. The first-order valence-electron chi connectivity index (χ1n) is 5.83. The minimum Gasteiger partial charge on any atom is -0.466 e. The van der Waals surface area contributed by atoms with Gasteiger partial charge in [0.05, 0.1) is 0 Å². The van der Waals surface area contributed by atoms with Crippen molar-refractivity contribution in [3.8, 4) is 5.88 Å². The van der Waals surface area contributed by atoms with E-state index in [1.54, 1.807) is 0 Å². The molecule has 0 aliphatic rings. The number of alkyl halides is 3. The van der Waals surface area contributed by atoms with E-state index in [1.165, 1.54) is 12.3 Å². The smallest absolute Gasteiger partial charge is 0.422 e. The third kappa shape index (κ3) is 5.87. The van der Waals surface area contributed by atoms with Crippen LogP contribution in [0.2, 0.25) is 0 Å². The summed E-state index contributed by atoms with van der Waals surface area (Å²) < 4.78 is 54.0. The van der Waals surface area contributed by atoms with Gasteiger partial charge >= 0.3 is 6.18 Å². The molecule has 19 heavy (non-hydrogen) atoms. The molecule has 1 heterocycles. The van der Waals surface area contributed by atoms with Gasteiger partial charge in [-0.3, -0.25) is 0 Å². The fourth-order valence-electron chi connectivity index (χ4n) is 1.34. The maximum Gasteiger partial charge on any atom is 0.422 e. The van der Waals surface area contributed by atoms with Crippen LogP contribution in [0.4, 0.5) is 17.6 Å². The maximum atomic E-state index is 13.8. The highest BCUT2D eigenvalue weighted by Crippen LogP contribution is 2.21. The molecule has 1 aromatic rings. The molecule has 0 aromatic carbocycles. The quantitative estimate of drug-likeness (QED) is 0.814. The first kappa shape index (κ1) is 15.7. The molecule has 0 atom stereocenters. The Morgan fingerprint density at radius 2 is 2.05 bits per heavy atom. The van der Waals surface area contributed by atoms with Crippen LogP contribution in [0.3, 0.4) is 0 Å². The molecule has 3 nitrogen and oxygen atoms in total. The Morgan fingerprint density at radius 3 is 2.63 bits per heavy atom. The molecule has 0 spiro atoms. The Balaban J connectivity index is 2.64. The molecule has 0 aliphatic heterocycles. The van der Waals surface area contributed by atoms with E-state index in [-0.39, 0.29) is 12.1 Å². The minimum absolute atomic E-state index is 0.217. The van der Waals surface area contributed by atoms with Crippen molar-refractivity contribution in [3.05, 3.63) is 23.6 Å². The molecule has 7 heteroatoms. The normalized spacial score (nSPS) is 11.9. The predicted molar refractivity (Wildman–Crippen MR) is 62.3 cm³/mol. The van der Waals surface area contributed by atoms with Crippen LogP contribution in [-0.4, -0.2) is 24.3 Å². The summed E-state index contributed by atoms with van der Waals surface area (Å²) in [7, 11) is 0. The van der Waals surface area contributed by atoms with E-state index < -0.39 is 24.5 Å². The summed E-state index contributed by atoms with van der Waals surface area (Å²) in [5.41, 5.74) is 0.229. The summed E-state index contributed by atoms with van der Waals surface area (Å²) >= 11 is 0. The molecule has 0 saturated carbocycles. The highest BCUT2D eigenvalue weighted by Gasteiger charge is 2.29. The third-order valence-electron chi connectivity index (χ3n) is 2.18. The molecule has 0 radical (unpaired) electrons. The van der Waals surface area contributed by atoms with Gasteiger partial charge < -0.3 is 10.1 Å². The zero-order valence-corrected chi connectivity index (χ0v) is 10.7. The number of rotatable bonds is 6. The van der Waals surface area contributed by atoms with Gasteiger partial charge in [-0.1, -0.05) is 13.8 Å². The molecule has 0 unspecified atom stereocenters. The fraction of sp³-hybridized carbons (Fsp3) is 0.583. The fourth-order valence-corrected chi connectivity index (χ4v) is 1.34. The van der Waals surface area contributed by atoms with Crippen LogP contribution < -0.4 is 10.1 Å². The van der Waals surface area contributed by atoms with E-state index in [4.69, 9.17) is 0 Å². The first-order valence-corrected chi connectivity index (χ1v) is 5.83. The molecule has 0 saturated heterocycles. The van der Waals surface area contributed by atoms with Crippen molar-refractivity contribution in [2.75, 3.05) is 13.2 Å². The Bertz CT molecular complexity index is 407. The van der Waals surface area contributed by atoms with Gasteiger partial charge in [-0.05, 0) is 18.5 Å². The van der Waals surface area contributed by atoms with Gasteiger partial charge in [0.25, 0.3) is 5.88 Å². The van der Waals surface area contributed by atoms with E-state index in [0.717, 1.165) is 0 Å². The number of hydrogen-bond donors (Lipinski definition) is 1. The van der Waals surface area contributed by atoms with Crippen LogP contribution in [0.15, 0.2) is 12.3 Å². The highest BCUT2D eigenvalue weighted by molar-refractivity contribution is 5.23. The van der Waals surface area contributed by atoms with Gasteiger partial charge in [-0.2, -0.15) is 13.2 Å². The van der Waals surface area contributed by atoms with Gasteiger partial charge in [0.1, 0.15) is 0 Å². The van der Waals surface area contributed by atoms with Crippen LogP contribution in [0.5, 0.6) is 5.88 Å². The number of halogens is 4. The summed E-state index contributed by atoms with van der Waals surface area (Å²) in [6.07, 6.45) is -3.29. The van der Waals surface area contributed by atoms with Gasteiger partial charge in [0.2, 0.25) is 0 Å². The molecule has 0 bridgehead atoms. The van der Waals surface area contributed by atoms with Crippen molar-refractivity contribution in [1.82, 2.24) is 10.3 Å². The first-order chi connectivity index (χ1) is 8.79. The summed E-state index contributed by atoms with van der Waals surface area (Å²) in [6, 6.07) is 1.41. The lowest BCUT2D eigenvalue weighted by molar-refractivity contribution is -0.154. The number of hydrogen-bond acceptors (Lipinski definition) is 3. The van der Waals surface area contributed by atoms with Crippen LogP contribution in [0.25, 0.3) is 0 Å². The second-order valence-corrected chi connectivity index (χ2v) is 4.52. The van der Waals surface area contributed by atoms with E-state index in [1.807, 2.05) is 13.8 Å². The largest absolute Gasteiger partial charge is 0.466 e. The number of nitrogens with one attached hydrogen (secondary N) is 1. The number of pyridine rings is 1. The zero-order valence-electron chi connectivity index (χ0n) is 10.7. The van der Waals surface area contributed by atoms with Crippen molar-refractivity contribution in [1.29, 1.82) is 0 Å². The topological polar surface area (TPSA) is 34.2 Å². The lowest BCUT2D eigenvalue weighted by Crippen LogP contribution is -2.22. The molecule has 1 rings (SSSR count). The van der Waals surface area contributed by atoms with E-state index in [9.17, 15) is 17.6 Å². The Kier molecular flexibility index (Phi) is 5.53. The summed E-state index contributed by atoms with van der Waals surface area (Å²) in [4.78, 5) is 3.46. The second kappa shape index (κ2) is 6.70. The average Bonchev–Trinajstić information content (AvgIpc) is 2.28. The molecule has 1 N–H and O–H groups in total. The van der Waals surface area contributed by atoms with Crippen LogP contribution in [0, 0.1) is 11.7 Å². The Hall–Kier alpha value is -1.37. The zero-order chi connectivity index (χ0) is 14.5. The molecular weight excluding hydrogens is 264 g/mol. The highest BCUT2D eigenvalue weighted by atomic mass is 19.4. The number of nitrogens with zero attached hydrogens (tertiary/aromatic N) is 1. The molecule has 0 fully saturated rings. The summed E-state index contributed by atoms with van der Waals surface area (Å²) in [6.45, 7) is 3.33. The van der Waals surface area contributed by atoms with Crippen molar-refractivity contribution in [2.24, 2.45) is 5.92 Å². The Morgan fingerprint density at radius 1 is 1.37 bits per heavy atom. The van der Waals surface area contributed by atoms with Gasteiger partial charge in [-0.15, -0.1) is 0 Å². The van der Waals surface area contributed by atoms with Crippen molar-refractivity contribution < 1.29 is 22.3 Å². The van der Waals surface area contributed by atoms with Gasteiger partial charge in [0, 0.05) is 18.3 Å². The van der Waals surface area contributed by atoms with Crippen LogP contribution >= 0.6 is 0 Å². The Labute approximate surface area is 109 Å². The third-order valence-corrected chi connectivity index (χ3v) is 2.18. The number of aromatic nitrogens is 1. The lowest BCUT2D eigenvalue weighted by atomic mass is 10.2. The predicted octanol–water partition coefficient (Wildman–Crippen LogP) is 2.91. The molecule has 1 aromatic heterocycles.